The molecule has 1 N–H and O–H groups in total. The Hall–Kier alpha value is -2.88. The molecule has 0 saturated carbocycles. The molecule has 0 aliphatic heterocycles. The highest BCUT2D eigenvalue weighted by molar-refractivity contribution is 5.53. The van der Waals surface area contributed by atoms with Gasteiger partial charge in [0.15, 0.2) is 5.82 Å². The van der Waals surface area contributed by atoms with Crippen molar-refractivity contribution in [1.82, 2.24) is 25.1 Å². The lowest BCUT2D eigenvalue weighted by molar-refractivity contribution is 0.622. The lowest BCUT2D eigenvalue weighted by Gasteiger charge is -1.97. The number of H-pyrrole nitrogens is 1. The number of nitrogens with one attached hydrogen (secondary N) is 1. The average Bonchev–Trinajstić information content (AvgIpc) is 2.49. The maximum absolute atomic E-state index is 13.2. The highest BCUT2D eigenvalue weighted by atomic mass is 19.1. The molecule has 0 atom stereocenters. The second kappa shape index (κ2) is 5.64. The molecule has 2 aromatic heterocycles. The Kier molecular flexibility index (Phi) is 3.73. The lowest BCUT2D eigenvalue weighted by Crippen LogP contribution is -1.91. The number of aromatic amines is 1. The van der Waals surface area contributed by atoms with E-state index in [1.807, 2.05) is 6.07 Å². The van der Waals surface area contributed by atoms with Gasteiger partial charge in [-0.05, 0) is 13.0 Å². The van der Waals surface area contributed by atoms with Gasteiger partial charge < -0.3 is 0 Å². The van der Waals surface area contributed by atoms with Crippen LogP contribution >= 0.6 is 0 Å². The van der Waals surface area contributed by atoms with Gasteiger partial charge in [0.05, 0.1) is 12.4 Å². The predicted molar refractivity (Wildman–Crippen MR) is 64.4 cm³/mol. The Balaban J connectivity index is 2.71. The summed E-state index contributed by atoms with van der Waals surface area (Å²) in [4.78, 5) is 11.8. The number of hydrogen-bond acceptors (Lipinski definition) is 5. The molecule has 0 aliphatic carbocycles. The van der Waals surface area contributed by atoms with Crippen LogP contribution in [0, 0.1) is 24.1 Å². The first-order valence-electron chi connectivity index (χ1n) is 5.32. The van der Waals surface area contributed by atoms with Gasteiger partial charge in [0.25, 0.3) is 0 Å². The summed E-state index contributed by atoms with van der Waals surface area (Å²) in [5, 5.41) is 15.4. The van der Waals surface area contributed by atoms with Gasteiger partial charge in [0.1, 0.15) is 23.9 Å². The van der Waals surface area contributed by atoms with E-state index in [4.69, 9.17) is 5.26 Å². The molecule has 6 nitrogen and oxygen atoms in total. The monoisotopic (exact) mass is 256 g/mol. The Morgan fingerprint density at radius 1 is 1.32 bits per heavy atom. The van der Waals surface area contributed by atoms with E-state index < -0.39 is 5.82 Å². The van der Waals surface area contributed by atoms with Crippen LogP contribution in [0.3, 0.4) is 0 Å². The van der Waals surface area contributed by atoms with Gasteiger partial charge in [-0.1, -0.05) is 0 Å². The highest BCUT2D eigenvalue weighted by Gasteiger charge is 2.04. The molecule has 0 aliphatic rings. The SMILES string of the molecule is Cc1cn[nH]cnc(-c2cncc(F)c2)nc1C#N. The summed E-state index contributed by atoms with van der Waals surface area (Å²) in [7, 11) is 0. The van der Waals surface area contributed by atoms with Crippen LogP contribution in [0.1, 0.15) is 11.3 Å². The van der Waals surface area contributed by atoms with Crippen molar-refractivity contribution in [1.29, 1.82) is 5.26 Å². The molecule has 7 heteroatoms. The topological polar surface area (TPSA) is 91.1 Å². The molecule has 0 bridgehead atoms. The van der Waals surface area contributed by atoms with E-state index >= 15 is 0 Å². The zero-order valence-electron chi connectivity index (χ0n) is 10.0. The van der Waals surface area contributed by atoms with Crippen LogP contribution in [0.15, 0.2) is 31.0 Å². The van der Waals surface area contributed by atoms with Crippen molar-refractivity contribution < 1.29 is 4.39 Å². The third-order valence-corrected chi connectivity index (χ3v) is 2.24. The Morgan fingerprint density at radius 3 is 2.89 bits per heavy atom. The summed E-state index contributed by atoms with van der Waals surface area (Å²) in [6, 6.07) is 3.19. The molecule has 0 radical (unpaired) electrons. The minimum atomic E-state index is -0.501. The molecule has 94 valence electrons. The van der Waals surface area contributed by atoms with Crippen molar-refractivity contribution in [2.24, 2.45) is 0 Å². The maximum Gasteiger partial charge on any atom is 0.164 e. The van der Waals surface area contributed by atoms with E-state index in [1.165, 1.54) is 24.8 Å². The second-order valence-electron chi connectivity index (χ2n) is 3.62. The van der Waals surface area contributed by atoms with E-state index in [9.17, 15) is 4.39 Å². The molecule has 0 aromatic carbocycles. The standard InChI is InChI=1S/C12H9FN6/c1-8-4-17-18-7-16-12(19-11(8)3-14)9-2-10(13)6-15-5-9/h2,4-7H,1H3,(H,16,18,19). The first-order chi connectivity index (χ1) is 9.20. The van der Waals surface area contributed by atoms with Gasteiger partial charge in [0, 0.05) is 17.3 Å². The first kappa shape index (κ1) is 12.6. The van der Waals surface area contributed by atoms with E-state index in [2.05, 4.69) is 25.1 Å². The minimum absolute atomic E-state index is 0.156. The molecular weight excluding hydrogens is 247 g/mol. The van der Waals surface area contributed by atoms with Crippen molar-refractivity contribution in [2.45, 2.75) is 6.92 Å². The molecule has 2 aromatic rings. The molecule has 0 fully saturated rings. The number of aromatic nitrogens is 5. The Labute approximate surface area is 108 Å². The fourth-order valence-corrected chi connectivity index (χ4v) is 1.33. The largest absolute Gasteiger partial charge is 0.268 e. The molecule has 0 saturated heterocycles. The van der Waals surface area contributed by atoms with Crippen LogP contribution in [0.5, 0.6) is 0 Å². The second-order valence-corrected chi connectivity index (χ2v) is 3.62. The van der Waals surface area contributed by atoms with E-state index in [-0.39, 0.29) is 11.5 Å². The maximum atomic E-state index is 13.2. The fraction of sp³-hybridized carbons (Fsp3) is 0.0833. The van der Waals surface area contributed by atoms with Gasteiger partial charge >= 0.3 is 0 Å². The minimum Gasteiger partial charge on any atom is -0.268 e. The summed E-state index contributed by atoms with van der Waals surface area (Å²) >= 11 is 0. The molecule has 2 rings (SSSR count). The van der Waals surface area contributed by atoms with Crippen molar-refractivity contribution in [3.05, 3.63) is 48.1 Å². The van der Waals surface area contributed by atoms with Crippen LogP contribution in [-0.4, -0.2) is 25.1 Å². The van der Waals surface area contributed by atoms with Crippen LogP contribution in [-0.2, 0) is 0 Å². The van der Waals surface area contributed by atoms with Gasteiger partial charge in [-0.2, -0.15) is 10.4 Å². The number of nitriles is 1. The van der Waals surface area contributed by atoms with E-state index in [1.54, 1.807) is 6.92 Å². The van der Waals surface area contributed by atoms with Gasteiger partial charge in [-0.25, -0.2) is 14.4 Å². The number of pyridine rings is 1. The molecule has 0 amide bonds. The van der Waals surface area contributed by atoms with Crippen molar-refractivity contribution in [3.63, 3.8) is 0 Å². The van der Waals surface area contributed by atoms with Crippen LogP contribution in [0.2, 0.25) is 0 Å². The van der Waals surface area contributed by atoms with Gasteiger partial charge in [0.2, 0.25) is 0 Å². The zero-order chi connectivity index (χ0) is 13.7. The zero-order valence-corrected chi connectivity index (χ0v) is 10.0. The van der Waals surface area contributed by atoms with Crippen molar-refractivity contribution >= 4 is 0 Å². The number of halogens is 1. The third kappa shape index (κ3) is 3.07. The van der Waals surface area contributed by atoms with E-state index in [0.717, 1.165) is 6.20 Å². The van der Waals surface area contributed by atoms with Crippen LogP contribution in [0.4, 0.5) is 4.39 Å². The normalized spacial score (nSPS) is 9.53. The lowest BCUT2D eigenvalue weighted by atomic mass is 10.2. The number of aryl methyl sites for hydroxylation is 1. The molecule has 0 spiro atoms. The highest BCUT2D eigenvalue weighted by Crippen LogP contribution is 2.13. The molecule has 0 unspecified atom stereocenters. The van der Waals surface area contributed by atoms with Crippen molar-refractivity contribution in [3.8, 4) is 17.5 Å². The van der Waals surface area contributed by atoms with Gasteiger partial charge in [-0.3, -0.25) is 10.1 Å². The van der Waals surface area contributed by atoms with E-state index in [0.29, 0.717) is 11.1 Å². The Bertz CT molecular complexity index is 687. The quantitative estimate of drug-likeness (QED) is 0.838. The number of nitrogens with zero attached hydrogens (tertiary/aromatic N) is 5. The predicted octanol–water partition coefficient (Wildman–Crippen LogP) is 1.71. The van der Waals surface area contributed by atoms with Crippen molar-refractivity contribution in [2.75, 3.05) is 0 Å². The summed E-state index contributed by atoms with van der Waals surface area (Å²) in [6.45, 7) is 1.69. The molecule has 19 heavy (non-hydrogen) atoms. The summed E-state index contributed by atoms with van der Waals surface area (Å²) < 4.78 is 13.2. The number of hydrogen-bond donors (Lipinski definition) is 1. The average molecular weight is 256 g/mol. The molecular formula is C12H9FN6. The summed E-state index contributed by atoms with van der Waals surface area (Å²) in [5.74, 6) is -0.320. The summed E-state index contributed by atoms with van der Waals surface area (Å²) in [6.07, 6.45) is 5.26. The first-order valence-corrected chi connectivity index (χ1v) is 5.32. The number of rotatable bonds is 1. The third-order valence-electron chi connectivity index (χ3n) is 2.24. The smallest absolute Gasteiger partial charge is 0.164 e. The molecule has 2 heterocycles. The van der Waals surface area contributed by atoms with Crippen LogP contribution < -0.4 is 0 Å². The van der Waals surface area contributed by atoms with Gasteiger partial charge in [-0.15, -0.1) is 0 Å². The summed E-state index contributed by atoms with van der Waals surface area (Å²) in [5.41, 5.74) is 1.10. The van der Waals surface area contributed by atoms with Crippen LogP contribution in [0.25, 0.3) is 11.4 Å². The Morgan fingerprint density at radius 2 is 2.16 bits per heavy atom. The fourth-order valence-electron chi connectivity index (χ4n) is 1.33.